The topological polar surface area (TPSA) is 92.8 Å². The summed E-state index contributed by atoms with van der Waals surface area (Å²) in [6.45, 7) is 7.27. The molecular formula is C21H26N2O5S. The molecule has 0 aliphatic rings. The van der Waals surface area contributed by atoms with Crippen LogP contribution in [-0.2, 0) is 19.6 Å². The maximum absolute atomic E-state index is 12.8. The van der Waals surface area contributed by atoms with Gasteiger partial charge in [-0.3, -0.25) is 9.10 Å². The molecule has 1 atom stereocenters. The lowest BCUT2D eigenvalue weighted by Gasteiger charge is -2.28. The van der Waals surface area contributed by atoms with Gasteiger partial charge in [0.15, 0.2) is 0 Å². The maximum Gasteiger partial charge on any atom is 0.338 e. The number of nitrogens with one attached hydrogen (secondary N) is 1. The molecule has 0 bridgehead atoms. The first-order valence-electron chi connectivity index (χ1n) is 9.19. The summed E-state index contributed by atoms with van der Waals surface area (Å²) in [6.07, 6.45) is 1.06. The smallest absolute Gasteiger partial charge is 0.338 e. The number of amides is 1. The van der Waals surface area contributed by atoms with E-state index < -0.39 is 27.9 Å². The Bertz CT molecular complexity index is 1020. The maximum atomic E-state index is 12.8. The molecule has 1 amide bonds. The van der Waals surface area contributed by atoms with Crippen LogP contribution in [0, 0.1) is 13.8 Å². The van der Waals surface area contributed by atoms with Crippen molar-refractivity contribution in [3.63, 3.8) is 0 Å². The van der Waals surface area contributed by atoms with Crippen molar-refractivity contribution in [1.29, 1.82) is 0 Å². The average molecular weight is 419 g/mol. The van der Waals surface area contributed by atoms with Crippen molar-refractivity contribution in [3.05, 3.63) is 59.2 Å². The standard InChI is InChI=1S/C21H26N2O5S/c1-6-28-21(25)17-8-7-9-18(13-17)22-20(24)16(4)23(29(5,26)27)19-11-10-14(2)15(3)12-19/h7-13,16H,6H2,1-5H3,(H,22,24). The molecule has 8 heteroatoms. The fourth-order valence-corrected chi connectivity index (χ4v) is 4.02. The minimum absolute atomic E-state index is 0.242. The molecule has 2 aromatic carbocycles. The van der Waals surface area contributed by atoms with E-state index in [1.54, 1.807) is 37.3 Å². The summed E-state index contributed by atoms with van der Waals surface area (Å²) in [7, 11) is -3.71. The minimum atomic E-state index is -3.71. The Morgan fingerprint density at radius 3 is 2.38 bits per heavy atom. The quantitative estimate of drug-likeness (QED) is 0.697. The number of anilines is 2. The van der Waals surface area contributed by atoms with Gasteiger partial charge in [-0.15, -0.1) is 0 Å². The average Bonchev–Trinajstić information content (AvgIpc) is 2.64. The molecule has 1 unspecified atom stereocenters. The fourth-order valence-electron chi connectivity index (χ4n) is 2.86. The third kappa shape index (κ3) is 5.57. The first-order valence-corrected chi connectivity index (χ1v) is 11.0. The van der Waals surface area contributed by atoms with Crippen molar-refractivity contribution in [2.75, 3.05) is 22.5 Å². The predicted molar refractivity (Wildman–Crippen MR) is 114 cm³/mol. The molecule has 29 heavy (non-hydrogen) atoms. The zero-order valence-electron chi connectivity index (χ0n) is 17.2. The van der Waals surface area contributed by atoms with Crippen LogP contribution in [0.4, 0.5) is 11.4 Å². The number of nitrogens with zero attached hydrogens (tertiary/aromatic N) is 1. The molecule has 0 spiro atoms. The van der Waals surface area contributed by atoms with Gasteiger partial charge in [0.25, 0.3) is 0 Å². The second-order valence-electron chi connectivity index (χ2n) is 6.79. The van der Waals surface area contributed by atoms with E-state index in [0.717, 1.165) is 21.7 Å². The molecule has 0 aromatic heterocycles. The Morgan fingerprint density at radius 2 is 1.79 bits per heavy atom. The lowest BCUT2D eigenvalue weighted by molar-refractivity contribution is -0.116. The van der Waals surface area contributed by atoms with Crippen LogP contribution in [0.5, 0.6) is 0 Å². The zero-order valence-corrected chi connectivity index (χ0v) is 18.0. The Balaban J connectivity index is 2.29. The Hall–Kier alpha value is -2.87. The molecule has 0 saturated carbocycles. The SMILES string of the molecule is CCOC(=O)c1cccc(NC(=O)C(C)N(c2ccc(C)c(C)c2)S(C)(=O)=O)c1. The first kappa shape index (κ1) is 22.4. The van der Waals surface area contributed by atoms with Gasteiger partial charge in [-0.25, -0.2) is 13.2 Å². The number of carbonyl (C=O) groups excluding carboxylic acids is 2. The first-order chi connectivity index (χ1) is 13.5. The van der Waals surface area contributed by atoms with Crippen molar-refractivity contribution in [2.45, 2.75) is 33.7 Å². The summed E-state index contributed by atoms with van der Waals surface area (Å²) < 4.78 is 30.9. The van der Waals surface area contributed by atoms with Crippen LogP contribution in [-0.4, -0.2) is 39.2 Å². The third-order valence-electron chi connectivity index (χ3n) is 4.47. The highest BCUT2D eigenvalue weighted by Gasteiger charge is 2.29. The van der Waals surface area contributed by atoms with Gasteiger partial charge in [0.05, 0.1) is 24.1 Å². The van der Waals surface area contributed by atoms with Crippen LogP contribution in [0.3, 0.4) is 0 Å². The summed E-state index contributed by atoms with van der Waals surface area (Å²) in [4.78, 5) is 24.7. The fraction of sp³-hybridized carbons (Fsp3) is 0.333. The van der Waals surface area contributed by atoms with Gasteiger partial charge in [0.1, 0.15) is 6.04 Å². The van der Waals surface area contributed by atoms with Gasteiger partial charge in [0, 0.05) is 5.69 Å². The Kier molecular flexibility index (Phi) is 7.02. The van der Waals surface area contributed by atoms with Crippen molar-refractivity contribution >= 4 is 33.3 Å². The van der Waals surface area contributed by atoms with E-state index in [4.69, 9.17) is 4.74 Å². The zero-order chi connectivity index (χ0) is 21.8. The summed E-state index contributed by atoms with van der Waals surface area (Å²) >= 11 is 0. The monoisotopic (exact) mass is 418 g/mol. The number of esters is 1. The lowest BCUT2D eigenvalue weighted by atomic mass is 10.1. The molecule has 2 rings (SSSR count). The largest absolute Gasteiger partial charge is 0.462 e. The second kappa shape index (κ2) is 9.09. The van der Waals surface area contributed by atoms with Gasteiger partial charge in [-0.2, -0.15) is 0 Å². The molecule has 0 saturated heterocycles. The summed E-state index contributed by atoms with van der Waals surface area (Å²) in [6, 6.07) is 10.5. The van der Waals surface area contributed by atoms with Gasteiger partial charge in [-0.05, 0) is 69.2 Å². The van der Waals surface area contributed by atoms with Crippen molar-refractivity contribution in [2.24, 2.45) is 0 Å². The molecule has 0 radical (unpaired) electrons. The molecule has 0 fully saturated rings. The highest BCUT2D eigenvalue weighted by Crippen LogP contribution is 2.24. The number of sulfonamides is 1. The van der Waals surface area contributed by atoms with Gasteiger partial charge < -0.3 is 10.1 Å². The third-order valence-corrected chi connectivity index (χ3v) is 5.72. The van der Waals surface area contributed by atoms with Crippen molar-refractivity contribution in [3.8, 4) is 0 Å². The molecule has 0 aliphatic heterocycles. The number of hydrogen-bond acceptors (Lipinski definition) is 5. The van der Waals surface area contributed by atoms with Crippen molar-refractivity contribution in [1.82, 2.24) is 0 Å². The Morgan fingerprint density at radius 1 is 1.10 bits per heavy atom. The van der Waals surface area contributed by atoms with E-state index in [1.807, 2.05) is 19.9 Å². The van der Waals surface area contributed by atoms with E-state index >= 15 is 0 Å². The summed E-state index contributed by atoms with van der Waals surface area (Å²) in [5, 5.41) is 2.67. The number of ether oxygens (including phenoxy) is 1. The van der Waals surface area contributed by atoms with Crippen LogP contribution in [0.15, 0.2) is 42.5 Å². The highest BCUT2D eigenvalue weighted by atomic mass is 32.2. The van der Waals surface area contributed by atoms with Crippen molar-refractivity contribution < 1.29 is 22.7 Å². The van der Waals surface area contributed by atoms with E-state index in [9.17, 15) is 18.0 Å². The van der Waals surface area contributed by atoms with Crippen LogP contribution in [0.25, 0.3) is 0 Å². The van der Waals surface area contributed by atoms with Gasteiger partial charge in [-0.1, -0.05) is 12.1 Å². The number of benzene rings is 2. The molecule has 156 valence electrons. The van der Waals surface area contributed by atoms with Crippen LogP contribution >= 0.6 is 0 Å². The molecule has 0 aliphatic carbocycles. The number of rotatable bonds is 7. The number of carbonyl (C=O) groups is 2. The minimum Gasteiger partial charge on any atom is -0.462 e. The van der Waals surface area contributed by atoms with E-state index in [1.165, 1.54) is 13.0 Å². The van der Waals surface area contributed by atoms with E-state index in [2.05, 4.69) is 5.32 Å². The summed E-state index contributed by atoms with van der Waals surface area (Å²) in [5.74, 6) is -1.01. The summed E-state index contributed by atoms with van der Waals surface area (Å²) in [5.41, 5.74) is 3.03. The second-order valence-corrected chi connectivity index (χ2v) is 8.65. The molecule has 0 heterocycles. The lowest BCUT2D eigenvalue weighted by Crippen LogP contribution is -2.45. The number of hydrogen-bond donors (Lipinski definition) is 1. The van der Waals surface area contributed by atoms with E-state index in [-0.39, 0.29) is 6.61 Å². The normalized spacial score (nSPS) is 12.2. The molecule has 7 nitrogen and oxygen atoms in total. The van der Waals surface area contributed by atoms with Crippen LogP contribution in [0.1, 0.15) is 35.3 Å². The Labute approximate surface area is 171 Å². The molecular weight excluding hydrogens is 392 g/mol. The molecule has 2 aromatic rings. The van der Waals surface area contributed by atoms with Gasteiger partial charge in [0.2, 0.25) is 15.9 Å². The van der Waals surface area contributed by atoms with E-state index in [0.29, 0.717) is 16.9 Å². The number of aryl methyl sites for hydroxylation is 2. The van der Waals surface area contributed by atoms with Crippen LogP contribution in [0.2, 0.25) is 0 Å². The van der Waals surface area contributed by atoms with Crippen LogP contribution < -0.4 is 9.62 Å². The highest BCUT2D eigenvalue weighted by molar-refractivity contribution is 7.92. The predicted octanol–water partition coefficient (Wildman–Crippen LogP) is 3.27. The molecule has 1 N–H and O–H groups in total. The van der Waals surface area contributed by atoms with Gasteiger partial charge >= 0.3 is 5.97 Å².